The summed E-state index contributed by atoms with van der Waals surface area (Å²) in [4.78, 5) is 13.1. The molecule has 3 nitrogen and oxygen atoms in total. The van der Waals surface area contributed by atoms with Crippen LogP contribution in [0.3, 0.4) is 0 Å². The fraction of sp³-hybridized carbons (Fsp3) is 0.417. The Morgan fingerprint density at radius 1 is 1.41 bits per heavy atom. The van der Waals surface area contributed by atoms with Gasteiger partial charge in [-0.05, 0) is 31.0 Å². The Hall–Kier alpha value is -1.13. The zero-order valence-corrected chi connectivity index (χ0v) is 10.8. The molecule has 0 aliphatic heterocycles. The van der Waals surface area contributed by atoms with E-state index in [9.17, 15) is 9.18 Å². The van der Waals surface area contributed by atoms with Gasteiger partial charge in [-0.2, -0.15) is 0 Å². The summed E-state index contributed by atoms with van der Waals surface area (Å²) in [5.74, 6) is -0.328. The van der Waals surface area contributed by atoms with E-state index in [0.29, 0.717) is 13.0 Å². The molecule has 1 rings (SSSR count). The van der Waals surface area contributed by atoms with Crippen LogP contribution in [0.2, 0.25) is 0 Å². The Kier molecular flexibility index (Phi) is 6.76. The number of hydrogen-bond acceptors (Lipinski definition) is 2. The normalized spacial score (nSPS) is 11.5. The number of rotatable bonds is 4. The summed E-state index contributed by atoms with van der Waals surface area (Å²) in [5.41, 5.74) is 6.49. The third kappa shape index (κ3) is 5.15. The van der Waals surface area contributed by atoms with Crippen LogP contribution in [0.1, 0.15) is 12.5 Å². The van der Waals surface area contributed by atoms with Crippen molar-refractivity contribution in [2.24, 2.45) is 5.73 Å². The minimum Gasteiger partial charge on any atom is -0.344 e. The van der Waals surface area contributed by atoms with Crippen molar-refractivity contribution in [2.75, 3.05) is 13.6 Å². The lowest BCUT2D eigenvalue weighted by Gasteiger charge is -2.19. The highest BCUT2D eigenvalue weighted by Crippen LogP contribution is 2.04. The van der Waals surface area contributed by atoms with E-state index in [1.54, 1.807) is 31.0 Å². The van der Waals surface area contributed by atoms with Crippen LogP contribution in [0.5, 0.6) is 0 Å². The van der Waals surface area contributed by atoms with Gasteiger partial charge >= 0.3 is 0 Å². The zero-order chi connectivity index (χ0) is 12.1. The van der Waals surface area contributed by atoms with Crippen LogP contribution in [0.25, 0.3) is 0 Å². The van der Waals surface area contributed by atoms with Gasteiger partial charge in [-0.15, -0.1) is 12.4 Å². The number of likely N-dealkylation sites (N-methyl/N-ethyl adjacent to an activating group) is 1. The maximum absolute atomic E-state index is 12.6. The van der Waals surface area contributed by atoms with Crippen molar-refractivity contribution in [1.82, 2.24) is 4.90 Å². The van der Waals surface area contributed by atoms with E-state index >= 15 is 0 Å². The number of carbonyl (C=O) groups is 1. The first kappa shape index (κ1) is 15.9. The van der Waals surface area contributed by atoms with Crippen LogP contribution < -0.4 is 5.73 Å². The molecule has 0 heterocycles. The largest absolute Gasteiger partial charge is 0.344 e. The maximum atomic E-state index is 12.6. The predicted octanol–water partition coefficient (Wildman–Crippen LogP) is 1.60. The van der Waals surface area contributed by atoms with E-state index in [-0.39, 0.29) is 24.1 Å². The highest BCUT2D eigenvalue weighted by atomic mass is 35.5. The van der Waals surface area contributed by atoms with E-state index < -0.39 is 6.04 Å². The molecule has 5 heteroatoms. The lowest BCUT2D eigenvalue weighted by Crippen LogP contribution is -2.40. The van der Waals surface area contributed by atoms with E-state index in [2.05, 4.69) is 0 Å². The Labute approximate surface area is 107 Å². The SMILES string of the molecule is C[C@@H](N)C(=O)N(C)CCc1ccc(F)cc1.Cl. The van der Waals surface area contributed by atoms with E-state index in [1.165, 1.54) is 12.1 Å². The highest BCUT2D eigenvalue weighted by Gasteiger charge is 2.12. The summed E-state index contributed by atoms with van der Waals surface area (Å²) in [6, 6.07) is 5.81. The van der Waals surface area contributed by atoms with Crippen molar-refractivity contribution in [3.05, 3.63) is 35.6 Å². The number of halogens is 2. The van der Waals surface area contributed by atoms with Crippen molar-refractivity contribution in [1.29, 1.82) is 0 Å². The van der Waals surface area contributed by atoms with Crippen LogP contribution in [0, 0.1) is 5.82 Å². The van der Waals surface area contributed by atoms with E-state index in [0.717, 1.165) is 5.56 Å². The second kappa shape index (κ2) is 7.25. The molecule has 0 unspecified atom stereocenters. The van der Waals surface area contributed by atoms with Crippen LogP contribution in [0.15, 0.2) is 24.3 Å². The van der Waals surface area contributed by atoms with Crippen molar-refractivity contribution < 1.29 is 9.18 Å². The summed E-state index contributed by atoms with van der Waals surface area (Å²) in [5, 5.41) is 0. The molecule has 2 N–H and O–H groups in total. The van der Waals surface area contributed by atoms with Gasteiger partial charge in [0.25, 0.3) is 0 Å². The first-order chi connectivity index (χ1) is 7.50. The van der Waals surface area contributed by atoms with Crippen LogP contribution in [-0.2, 0) is 11.2 Å². The summed E-state index contributed by atoms with van der Waals surface area (Å²) >= 11 is 0. The van der Waals surface area contributed by atoms with Crippen molar-refractivity contribution >= 4 is 18.3 Å². The van der Waals surface area contributed by atoms with Gasteiger partial charge in [0.05, 0.1) is 6.04 Å². The Bertz CT molecular complexity index is 354. The van der Waals surface area contributed by atoms with Crippen LogP contribution in [-0.4, -0.2) is 30.4 Å². The topological polar surface area (TPSA) is 46.3 Å². The molecule has 17 heavy (non-hydrogen) atoms. The summed E-state index contributed by atoms with van der Waals surface area (Å²) in [6.45, 7) is 2.25. The van der Waals surface area contributed by atoms with E-state index in [4.69, 9.17) is 5.73 Å². The molecule has 1 atom stereocenters. The van der Waals surface area contributed by atoms with Gasteiger partial charge in [-0.1, -0.05) is 12.1 Å². The molecule has 0 saturated heterocycles. The Balaban J connectivity index is 0.00000256. The van der Waals surface area contributed by atoms with Gasteiger partial charge in [0.15, 0.2) is 0 Å². The van der Waals surface area contributed by atoms with E-state index in [1.807, 2.05) is 0 Å². The summed E-state index contributed by atoms with van der Waals surface area (Å²) in [7, 11) is 1.72. The molecule has 1 aromatic carbocycles. The number of benzene rings is 1. The fourth-order valence-corrected chi connectivity index (χ4v) is 1.41. The molecule has 0 saturated carbocycles. The molecular formula is C12H18ClFN2O. The second-order valence-corrected chi connectivity index (χ2v) is 3.92. The lowest BCUT2D eigenvalue weighted by molar-refractivity contribution is -0.130. The fourth-order valence-electron chi connectivity index (χ4n) is 1.41. The van der Waals surface area contributed by atoms with Crippen molar-refractivity contribution in [3.8, 4) is 0 Å². The molecule has 0 aliphatic carbocycles. The van der Waals surface area contributed by atoms with Gasteiger partial charge < -0.3 is 10.6 Å². The summed E-state index contributed by atoms with van der Waals surface area (Å²) in [6.07, 6.45) is 0.704. The molecular weight excluding hydrogens is 243 g/mol. The third-order valence-electron chi connectivity index (χ3n) is 2.41. The average Bonchev–Trinajstić information content (AvgIpc) is 2.26. The Morgan fingerprint density at radius 3 is 2.41 bits per heavy atom. The zero-order valence-electron chi connectivity index (χ0n) is 10.0. The van der Waals surface area contributed by atoms with Crippen molar-refractivity contribution in [2.45, 2.75) is 19.4 Å². The molecule has 0 radical (unpaired) electrons. The first-order valence-corrected chi connectivity index (χ1v) is 5.25. The summed E-state index contributed by atoms with van der Waals surface area (Å²) < 4.78 is 12.6. The highest BCUT2D eigenvalue weighted by molar-refractivity contribution is 5.85. The molecule has 1 amide bonds. The predicted molar refractivity (Wildman–Crippen MR) is 68.6 cm³/mol. The lowest BCUT2D eigenvalue weighted by atomic mass is 10.1. The number of hydrogen-bond donors (Lipinski definition) is 1. The molecule has 0 aliphatic rings. The number of carbonyl (C=O) groups excluding carboxylic acids is 1. The van der Waals surface area contributed by atoms with Gasteiger partial charge in [0.1, 0.15) is 5.82 Å². The number of amides is 1. The molecule has 0 bridgehead atoms. The monoisotopic (exact) mass is 260 g/mol. The molecule has 1 aromatic rings. The van der Waals surface area contributed by atoms with Crippen molar-refractivity contribution in [3.63, 3.8) is 0 Å². The second-order valence-electron chi connectivity index (χ2n) is 3.92. The van der Waals surface area contributed by atoms with Gasteiger partial charge in [-0.25, -0.2) is 4.39 Å². The molecule has 96 valence electrons. The Morgan fingerprint density at radius 2 is 1.94 bits per heavy atom. The van der Waals surface area contributed by atoms with Crippen LogP contribution >= 0.6 is 12.4 Å². The minimum atomic E-state index is -0.474. The maximum Gasteiger partial charge on any atom is 0.238 e. The minimum absolute atomic E-state index is 0. The average molecular weight is 261 g/mol. The number of nitrogens with zero attached hydrogens (tertiary/aromatic N) is 1. The third-order valence-corrected chi connectivity index (χ3v) is 2.41. The smallest absolute Gasteiger partial charge is 0.238 e. The molecule has 0 aromatic heterocycles. The number of nitrogens with two attached hydrogens (primary N) is 1. The molecule has 0 spiro atoms. The standard InChI is InChI=1S/C12H17FN2O.ClH/c1-9(14)12(16)15(2)8-7-10-3-5-11(13)6-4-10;/h3-6,9H,7-8,14H2,1-2H3;1H/t9-;/m1./s1. The quantitative estimate of drug-likeness (QED) is 0.894. The van der Waals surface area contributed by atoms with Gasteiger partial charge in [0, 0.05) is 13.6 Å². The first-order valence-electron chi connectivity index (χ1n) is 5.25. The van der Waals surface area contributed by atoms with Gasteiger partial charge in [-0.3, -0.25) is 4.79 Å². The van der Waals surface area contributed by atoms with Gasteiger partial charge in [0.2, 0.25) is 5.91 Å². The van der Waals surface area contributed by atoms with Crippen LogP contribution in [0.4, 0.5) is 4.39 Å². The molecule has 0 fully saturated rings.